The van der Waals surface area contributed by atoms with Gasteiger partial charge in [-0.1, -0.05) is 18.2 Å². The van der Waals surface area contributed by atoms with E-state index in [0.29, 0.717) is 26.3 Å². The van der Waals surface area contributed by atoms with Gasteiger partial charge >= 0.3 is 0 Å². The SMILES string of the molecule is [2H]c1c([2H])c(COc2cccc3c2CN([C@H]2C(=O)NC(=O)C([2H])([2H])C2([2H])[2H])C3=O)c(F)c([2H])c1CN1CCOCC1. The van der Waals surface area contributed by atoms with Crippen LogP contribution in [0.5, 0.6) is 5.75 Å². The van der Waals surface area contributed by atoms with Gasteiger partial charge in [0.2, 0.25) is 11.8 Å². The smallest absolute Gasteiger partial charge is 0.255 e. The molecule has 178 valence electrons. The molecule has 3 amide bonds. The molecular formula is C25H26FN3O5. The summed E-state index contributed by atoms with van der Waals surface area (Å²) in [6.07, 6.45) is -6.15. The largest absolute Gasteiger partial charge is 0.488 e. The molecule has 0 bridgehead atoms. The highest BCUT2D eigenvalue weighted by Crippen LogP contribution is 2.34. The topological polar surface area (TPSA) is 88.2 Å². The quantitative estimate of drug-likeness (QED) is 0.645. The van der Waals surface area contributed by atoms with Gasteiger partial charge < -0.3 is 14.4 Å². The molecule has 2 fully saturated rings. The van der Waals surface area contributed by atoms with Crippen LogP contribution < -0.4 is 10.1 Å². The van der Waals surface area contributed by atoms with Crippen molar-refractivity contribution in [2.75, 3.05) is 26.3 Å². The number of fused-ring (bicyclic) bond motifs is 1. The van der Waals surface area contributed by atoms with Gasteiger partial charge in [0.15, 0.2) is 0 Å². The lowest BCUT2D eigenvalue weighted by Gasteiger charge is -2.29. The van der Waals surface area contributed by atoms with Crippen LogP contribution in [0, 0.1) is 5.82 Å². The Balaban J connectivity index is 1.40. The second-order valence-corrected chi connectivity index (χ2v) is 8.03. The first kappa shape index (κ1) is 15.6. The summed E-state index contributed by atoms with van der Waals surface area (Å²) in [5, 5.41) is 1.79. The summed E-state index contributed by atoms with van der Waals surface area (Å²) in [4.78, 5) is 40.5. The molecule has 0 saturated carbocycles. The monoisotopic (exact) mass is 474 g/mol. The zero-order chi connectivity index (χ0) is 29.9. The van der Waals surface area contributed by atoms with Gasteiger partial charge in [0, 0.05) is 48.2 Å². The third kappa shape index (κ3) is 4.53. The average Bonchev–Trinajstić information content (AvgIpc) is 3.26. The Morgan fingerprint density at radius 2 is 2.06 bits per heavy atom. The number of imide groups is 1. The van der Waals surface area contributed by atoms with Gasteiger partial charge in [0.05, 0.1) is 23.9 Å². The minimum Gasteiger partial charge on any atom is -0.488 e. The lowest BCUT2D eigenvalue weighted by Crippen LogP contribution is -2.52. The Morgan fingerprint density at radius 3 is 2.88 bits per heavy atom. The molecule has 9 heteroatoms. The number of hydrogen-bond acceptors (Lipinski definition) is 6. The minimum absolute atomic E-state index is 0.0401. The van der Waals surface area contributed by atoms with E-state index < -0.39 is 61.0 Å². The second-order valence-electron chi connectivity index (χ2n) is 8.03. The maximum atomic E-state index is 15.3. The summed E-state index contributed by atoms with van der Waals surface area (Å²) < 4.78 is 83.6. The van der Waals surface area contributed by atoms with E-state index in [1.54, 1.807) is 5.32 Å². The number of halogens is 1. The number of morpholine rings is 1. The highest BCUT2D eigenvalue weighted by atomic mass is 19.1. The predicted octanol–water partition coefficient (Wildman–Crippen LogP) is 2.00. The molecule has 1 atom stereocenters. The van der Waals surface area contributed by atoms with E-state index in [1.807, 2.05) is 4.90 Å². The summed E-state index contributed by atoms with van der Waals surface area (Å²) in [5.74, 6) is -4.34. The molecule has 2 aromatic carbocycles. The summed E-state index contributed by atoms with van der Waals surface area (Å²) in [7, 11) is 0. The Bertz CT molecular complexity index is 1420. The summed E-state index contributed by atoms with van der Waals surface area (Å²) in [5.41, 5.74) is 0.0163. The van der Waals surface area contributed by atoms with Crippen molar-refractivity contribution in [2.24, 2.45) is 0 Å². The molecule has 5 rings (SSSR count). The number of piperidine rings is 1. The lowest BCUT2D eigenvalue weighted by atomic mass is 10.0. The van der Waals surface area contributed by atoms with Crippen LogP contribution >= 0.6 is 0 Å². The maximum absolute atomic E-state index is 15.3. The Morgan fingerprint density at radius 1 is 1.24 bits per heavy atom. The Hall–Kier alpha value is -3.30. The minimum atomic E-state index is -3.10. The summed E-state index contributed by atoms with van der Waals surface area (Å²) in [6.45, 7) is 1.27. The maximum Gasteiger partial charge on any atom is 0.255 e. The first-order valence-corrected chi connectivity index (χ1v) is 10.8. The van der Waals surface area contributed by atoms with Gasteiger partial charge in [-0.05, 0) is 30.1 Å². The zero-order valence-corrected chi connectivity index (χ0v) is 18.1. The fourth-order valence-corrected chi connectivity index (χ4v) is 4.06. The number of amides is 3. The van der Waals surface area contributed by atoms with E-state index in [4.69, 9.17) is 19.1 Å². The second kappa shape index (κ2) is 9.52. The van der Waals surface area contributed by atoms with Crippen molar-refractivity contribution in [3.05, 3.63) is 64.4 Å². The molecule has 3 aliphatic rings. The van der Waals surface area contributed by atoms with Crippen LogP contribution in [0.3, 0.4) is 0 Å². The number of ether oxygens (including phenoxy) is 2. The molecule has 0 spiro atoms. The van der Waals surface area contributed by atoms with Gasteiger partial charge in [-0.3, -0.25) is 24.6 Å². The predicted molar refractivity (Wildman–Crippen MR) is 119 cm³/mol. The first-order valence-electron chi connectivity index (χ1n) is 14.3. The Labute approximate surface area is 206 Å². The Kier molecular flexibility index (Phi) is 4.36. The number of carbonyl (C=O) groups is 3. The van der Waals surface area contributed by atoms with E-state index in [9.17, 15) is 14.4 Å². The van der Waals surface area contributed by atoms with Gasteiger partial charge in [-0.15, -0.1) is 0 Å². The number of hydrogen-bond donors (Lipinski definition) is 1. The van der Waals surface area contributed by atoms with E-state index >= 15 is 4.39 Å². The van der Waals surface area contributed by atoms with Crippen LogP contribution in [-0.2, 0) is 34.0 Å². The van der Waals surface area contributed by atoms with Crippen molar-refractivity contribution in [3.8, 4) is 5.75 Å². The number of nitrogens with zero attached hydrogens (tertiary/aromatic N) is 2. The molecule has 0 aliphatic carbocycles. The van der Waals surface area contributed by atoms with Crippen LogP contribution in [0.2, 0.25) is 0 Å². The van der Waals surface area contributed by atoms with Crippen molar-refractivity contribution < 1.29 is 37.8 Å². The van der Waals surface area contributed by atoms with Crippen molar-refractivity contribution in [2.45, 2.75) is 38.5 Å². The molecule has 2 aromatic rings. The normalized spacial score (nSPS) is 26.9. The molecule has 3 aliphatic heterocycles. The molecule has 0 unspecified atom stereocenters. The van der Waals surface area contributed by atoms with Crippen molar-refractivity contribution >= 4 is 17.7 Å². The lowest BCUT2D eigenvalue weighted by molar-refractivity contribution is -0.136. The molecular weight excluding hydrogens is 441 g/mol. The fraction of sp³-hybridized carbons (Fsp3) is 0.400. The van der Waals surface area contributed by atoms with E-state index in [0.717, 1.165) is 4.90 Å². The van der Waals surface area contributed by atoms with Gasteiger partial charge in [-0.25, -0.2) is 4.39 Å². The number of nitrogens with one attached hydrogen (secondary N) is 1. The first-order chi connectivity index (χ1) is 19.3. The van der Waals surface area contributed by atoms with Crippen LogP contribution in [-0.4, -0.2) is 59.9 Å². The van der Waals surface area contributed by atoms with E-state index in [2.05, 4.69) is 0 Å². The van der Waals surface area contributed by atoms with Gasteiger partial charge in [0.25, 0.3) is 5.91 Å². The van der Waals surface area contributed by atoms with Crippen LogP contribution in [0.15, 0.2) is 36.3 Å². The molecule has 8 nitrogen and oxygen atoms in total. The van der Waals surface area contributed by atoms with Gasteiger partial charge in [0.1, 0.15) is 24.2 Å². The van der Waals surface area contributed by atoms with Crippen molar-refractivity contribution in [1.82, 2.24) is 15.1 Å². The standard InChI is InChI=1S/C25H26FN3O5/c26-20-12-16(13-28-8-10-33-11-9-28)4-5-17(20)15-34-22-3-1-2-18-19(22)14-29(25(18)32)21-6-7-23(30)27-24(21)31/h1-5,12,21H,6-11,13-15H2,(H,27,30,31)/t21-/m1/s1/i4D,5D,6D2,7D2,12D. The number of rotatable bonds is 6. The fourth-order valence-electron chi connectivity index (χ4n) is 4.06. The third-order valence-electron chi connectivity index (χ3n) is 5.82. The molecule has 1 N–H and O–H groups in total. The highest BCUT2D eigenvalue weighted by molar-refractivity contribution is 6.05. The van der Waals surface area contributed by atoms with E-state index in [-0.39, 0.29) is 47.1 Å². The number of benzene rings is 2. The van der Waals surface area contributed by atoms with Crippen LogP contribution in [0.1, 0.15) is 49.4 Å². The summed E-state index contributed by atoms with van der Waals surface area (Å²) in [6, 6.07) is 1.10. The highest BCUT2D eigenvalue weighted by Gasteiger charge is 2.40. The number of carbonyl (C=O) groups excluding carboxylic acids is 3. The molecule has 3 heterocycles. The molecule has 34 heavy (non-hydrogen) atoms. The van der Waals surface area contributed by atoms with Crippen LogP contribution in [0.4, 0.5) is 4.39 Å². The van der Waals surface area contributed by atoms with Gasteiger partial charge in [-0.2, -0.15) is 0 Å². The average molecular weight is 475 g/mol. The third-order valence-corrected chi connectivity index (χ3v) is 5.82. The zero-order valence-electron chi connectivity index (χ0n) is 25.1. The molecule has 2 saturated heterocycles. The molecule has 0 aromatic heterocycles. The van der Waals surface area contributed by atoms with Crippen molar-refractivity contribution in [1.29, 1.82) is 0 Å². The van der Waals surface area contributed by atoms with Crippen molar-refractivity contribution in [3.63, 3.8) is 0 Å². The molecule has 0 radical (unpaired) electrons. The van der Waals surface area contributed by atoms with Crippen LogP contribution in [0.25, 0.3) is 0 Å². The van der Waals surface area contributed by atoms with E-state index in [1.165, 1.54) is 18.2 Å². The summed E-state index contributed by atoms with van der Waals surface area (Å²) >= 11 is 0.